The van der Waals surface area contributed by atoms with E-state index >= 15 is 0 Å². The third-order valence-corrected chi connectivity index (χ3v) is 3.06. The largest absolute Gasteiger partial charge is 0.360 e. The van der Waals surface area contributed by atoms with Crippen molar-refractivity contribution in [3.8, 4) is 6.07 Å². The summed E-state index contributed by atoms with van der Waals surface area (Å²) in [6.45, 7) is 4.83. The molecule has 1 aromatic carbocycles. The molecule has 1 fully saturated rings. The molecule has 1 amide bonds. The van der Waals surface area contributed by atoms with Gasteiger partial charge in [-0.3, -0.25) is 4.79 Å². The quantitative estimate of drug-likeness (QED) is 0.766. The SMILES string of the molecule is CCN1CCN(c2ccc(C#N)cc2)CC1=O. The Morgan fingerprint density at radius 3 is 2.53 bits per heavy atom. The van der Waals surface area contributed by atoms with E-state index in [0.29, 0.717) is 12.1 Å². The molecule has 0 N–H and O–H groups in total. The second-order valence-corrected chi connectivity index (χ2v) is 4.05. The smallest absolute Gasteiger partial charge is 0.242 e. The Morgan fingerprint density at radius 1 is 1.29 bits per heavy atom. The number of likely N-dealkylation sites (N-methyl/N-ethyl adjacent to an activating group) is 1. The number of hydrogen-bond acceptors (Lipinski definition) is 3. The molecule has 0 bridgehead atoms. The van der Waals surface area contributed by atoms with Crippen LogP contribution in [0.3, 0.4) is 0 Å². The fraction of sp³-hybridized carbons (Fsp3) is 0.385. The van der Waals surface area contributed by atoms with Gasteiger partial charge in [0.1, 0.15) is 0 Å². The van der Waals surface area contributed by atoms with Crippen LogP contribution in [0.25, 0.3) is 0 Å². The topological polar surface area (TPSA) is 47.3 Å². The number of nitriles is 1. The van der Waals surface area contributed by atoms with Crippen molar-refractivity contribution >= 4 is 11.6 Å². The van der Waals surface area contributed by atoms with Gasteiger partial charge in [-0.05, 0) is 31.2 Å². The van der Waals surface area contributed by atoms with Crippen LogP contribution >= 0.6 is 0 Å². The zero-order chi connectivity index (χ0) is 12.3. The van der Waals surface area contributed by atoms with Crippen LogP contribution < -0.4 is 4.90 Å². The van der Waals surface area contributed by atoms with Crippen molar-refractivity contribution in [3.05, 3.63) is 29.8 Å². The lowest BCUT2D eigenvalue weighted by atomic mass is 10.2. The van der Waals surface area contributed by atoms with Gasteiger partial charge in [-0.2, -0.15) is 5.26 Å². The van der Waals surface area contributed by atoms with E-state index < -0.39 is 0 Å². The molecule has 4 heteroatoms. The first kappa shape index (κ1) is 11.5. The summed E-state index contributed by atoms with van der Waals surface area (Å²) in [5.41, 5.74) is 1.65. The second kappa shape index (κ2) is 4.88. The van der Waals surface area contributed by atoms with Gasteiger partial charge >= 0.3 is 0 Å². The van der Waals surface area contributed by atoms with Gasteiger partial charge in [0.15, 0.2) is 0 Å². The Kier molecular flexibility index (Phi) is 3.29. The van der Waals surface area contributed by atoms with Crippen LogP contribution in [0.5, 0.6) is 0 Å². The number of benzene rings is 1. The highest BCUT2D eigenvalue weighted by atomic mass is 16.2. The van der Waals surface area contributed by atoms with Crippen LogP contribution in [0, 0.1) is 11.3 Å². The number of rotatable bonds is 2. The molecule has 0 spiro atoms. The second-order valence-electron chi connectivity index (χ2n) is 4.05. The predicted molar refractivity (Wildman–Crippen MR) is 65.6 cm³/mol. The summed E-state index contributed by atoms with van der Waals surface area (Å²) in [4.78, 5) is 15.7. The van der Waals surface area contributed by atoms with Crippen LogP contribution in [0.1, 0.15) is 12.5 Å². The average molecular weight is 229 g/mol. The van der Waals surface area contributed by atoms with Crippen molar-refractivity contribution in [2.24, 2.45) is 0 Å². The molecule has 17 heavy (non-hydrogen) atoms. The van der Waals surface area contributed by atoms with Gasteiger partial charge in [0.05, 0.1) is 18.2 Å². The van der Waals surface area contributed by atoms with E-state index in [2.05, 4.69) is 11.0 Å². The van der Waals surface area contributed by atoms with Gasteiger partial charge in [0.2, 0.25) is 5.91 Å². The Morgan fingerprint density at radius 2 is 2.00 bits per heavy atom. The normalized spacial score (nSPS) is 15.9. The summed E-state index contributed by atoms with van der Waals surface area (Å²) in [6.07, 6.45) is 0. The summed E-state index contributed by atoms with van der Waals surface area (Å²) in [7, 11) is 0. The van der Waals surface area contributed by atoms with Crippen LogP contribution in [-0.4, -0.2) is 37.0 Å². The number of hydrogen-bond donors (Lipinski definition) is 0. The van der Waals surface area contributed by atoms with Crippen molar-refractivity contribution in [3.63, 3.8) is 0 Å². The van der Waals surface area contributed by atoms with Gasteiger partial charge < -0.3 is 9.80 Å². The van der Waals surface area contributed by atoms with E-state index in [9.17, 15) is 4.79 Å². The van der Waals surface area contributed by atoms with Gasteiger partial charge in [0.25, 0.3) is 0 Å². The van der Waals surface area contributed by atoms with Crippen LogP contribution in [0.4, 0.5) is 5.69 Å². The van der Waals surface area contributed by atoms with E-state index in [0.717, 1.165) is 25.3 Å². The molecule has 2 rings (SSSR count). The first-order valence-electron chi connectivity index (χ1n) is 5.77. The minimum absolute atomic E-state index is 0.170. The standard InChI is InChI=1S/C13H15N3O/c1-2-15-7-8-16(10-13(15)17)12-5-3-11(9-14)4-6-12/h3-6H,2,7-8,10H2,1H3. The highest BCUT2D eigenvalue weighted by Gasteiger charge is 2.22. The van der Waals surface area contributed by atoms with Crippen LogP contribution in [-0.2, 0) is 4.79 Å². The zero-order valence-electron chi connectivity index (χ0n) is 9.89. The molecule has 1 aromatic rings. The Labute approximate surface area is 101 Å². The summed E-state index contributed by atoms with van der Waals surface area (Å²) >= 11 is 0. The summed E-state index contributed by atoms with van der Waals surface area (Å²) < 4.78 is 0. The van der Waals surface area contributed by atoms with Crippen molar-refractivity contribution in [2.45, 2.75) is 6.92 Å². The monoisotopic (exact) mass is 229 g/mol. The molecule has 1 aliphatic rings. The maximum Gasteiger partial charge on any atom is 0.242 e. The lowest BCUT2D eigenvalue weighted by Gasteiger charge is -2.35. The van der Waals surface area contributed by atoms with Gasteiger partial charge in [-0.25, -0.2) is 0 Å². The molecule has 4 nitrogen and oxygen atoms in total. The molecule has 0 aliphatic carbocycles. The predicted octanol–water partition coefficient (Wildman–Crippen LogP) is 1.23. The lowest BCUT2D eigenvalue weighted by Crippen LogP contribution is -2.50. The molecule has 88 valence electrons. The molecule has 1 saturated heterocycles. The van der Waals surface area contributed by atoms with Crippen molar-refractivity contribution in [1.29, 1.82) is 5.26 Å². The number of nitrogens with zero attached hydrogens (tertiary/aromatic N) is 3. The first-order valence-corrected chi connectivity index (χ1v) is 5.77. The fourth-order valence-corrected chi connectivity index (χ4v) is 2.01. The summed E-state index contributed by atoms with van der Waals surface area (Å²) in [6, 6.07) is 9.45. The molecular formula is C13H15N3O. The molecule has 0 aromatic heterocycles. The van der Waals surface area contributed by atoms with Gasteiger partial charge in [-0.15, -0.1) is 0 Å². The minimum Gasteiger partial charge on any atom is -0.360 e. The third kappa shape index (κ3) is 2.39. The fourth-order valence-electron chi connectivity index (χ4n) is 2.01. The highest BCUT2D eigenvalue weighted by molar-refractivity contribution is 5.82. The number of carbonyl (C=O) groups excluding carboxylic acids is 1. The summed E-state index contributed by atoms with van der Waals surface area (Å²) in [5.74, 6) is 0.170. The van der Waals surface area contributed by atoms with E-state index in [1.807, 2.05) is 24.0 Å². The summed E-state index contributed by atoms with van der Waals surface area (Å²) in [5, 5.41) is 8.72. The maximum atomic E-state index is 11.8. The number of piperazine rings is 1. The van der Waals surface area contributed by atoms with E-state index in [1.54, 1.807) is 12.1 Å². The average Bonchev–Trinajstić information content (AvgIpc) is 2.39. The molecule has 0 atom stereocenters. The zero-order valence-corrected chi connectivity index (χ0v) is 9.89. The molecule has 1 heterocycles. The van der Waals surface area contributed by atoms with Crippen molar-refractivity contribution < 1.29 is 4.79 Å². The maximum absolute atomic E-state index is 11.8. The molecule has 1 aliphatic heterocycles. The number of anilines is 1. The van der Waals surface area contributed by atoms with E-state index in [-0.39, 0.29) is 5.91 Å². The highest BCUT2D eigenvalue weighted by Crippen LogP contribution is 2.17. The van der Waals surface area contributed by atoms with Crippen molar-refractivity contribution in [2.75, 3.05) is 31.1 Å². The van der Waals surface area contributed by atoms with E-state index in [1.165, 1.54) is 0 Å². The lowest BCUT2D eigenvalue weighted by molar-refractivity contribution is -0.130. The molecule has 0 saturated carbocycles. The van der Waals surface area contributed by atoms with Crippen LogP contribution in [0.2, 0.25) is 0 Å². The first-order chi connectivity index (χ1) is 8.24. The van der Waals surface area contributed by atoms with E-state index in [4.69, 9.17) is 5.26 Å². The molecule has 0 unspecified atom stereocenters. The Bertz CT molecular complexity index is 447. The third-order valence-electron chi connectivity index (χ3n) is 3.06. The minimum atomic E-state index is 0.170. The Balaban J connectivity index is 2.09. The molecule has 0 radical (unpaired) electrons. The van der Waals surface area contributed by atoms with Gasteiger partial charge in [0, 0.05) is 25.3 Å². The number of amides is 1. The van der Waals surface area contributed by atoms with Gasteiger partial charge in [-0.1, -0.05) is 0 Å². The van der Waals surface area contributed by atoms with Crippen molar-refractivity contribution in [1.82, 2.24) is 4.90 Å². The Hall–Kier alpha value is -2.02. The van der Waals surface area contributed by atoms with Crippen LogP contribution in [0.15, 0.2) is 24.3 Å². The molecular weight excluding hydrogens is 214 g/mol. The number of carbonyl (C=O) groups is 1.